The molecule has 3 N–H and O–H groups in total. The van der Waals surface area contributed by atoms with Gasteiger partial charge >= 0.3 is 5.97 Å². The maximum absolute atomic E-state index is 11.3. The summed E-state index contributed by atoms with van der Waals surface area (Å²) in [5, 5.41) is 7.70. The van der Waals surface area contributed by atoms with Gasteiger partial charge in [0.15, 0.2) is 0 Å². The zero-order chi connectivity index (χ0) is 13.0. The van der Waals surface area contributed by atoms with Crippen molar-refractivity contribution in [1.29, 1.82) is 0 Å². The van der Waals surface area contributed by atoms with Gasteiger partial charge in [0.1, 0.15) is 5.69 Å². The number of aromatic nitrogens is 3. The molecule has 0 fully saturated rings. The van der Waals surface area contributed by atoms with Crippen LogP contribution in [0.3, 0.4) is 0 Å². The fourth-order valence-corrected chi connectivity index (χ4v) is 1.37. The molecule has 1 aromatic carbocycles. The zero-order valence-corrected chi connectivity index (χ0v) is 9.62. The Morgan fingerprint density at radius 2 is 2.00 bits per heavy atom. The highest BCUT2D eigenvalue weighted by molar-refractivity contribution is 5.89. The summed E-state index contributed by atoms with van der Waals surface area (Å²) >= 11 is 0. The van der Waals surface area contributed by atoms with Gasteiger partial charge < -0.3 is 4.74 Å². The number of ether oxygens (including phenoxy) is 1. The molecule has 7 heteroatoms. The van der Waals surface area contributed by atoms with E-state index in [1.807, 2.05) is 0 Å². The van der Waals surface area contributed by atoms with Crippen LogP contribution in [-0.4, -0.2) is 28.3 Å². The van der Waals surface area contributed by atoms with Gasteiger partial charge in [-0.15, -0.1) is 10.2 Å². The number of anilines is 1. The maximum atomic E-state index is 11.3. The third-order valence-electron chi connectivity index (χ3n) is 2.29. The quantitative estimate of drug-likeness (QED) is 0.464. The molecule has 0 bridgehead atoms. The molecule has 0 aliphatic carbocycles. The van der Waals surface area contributed by atoms with E-state index >= 15 is 0 Å². The molecule has 0 spiro atoms. The third-order valence-corrected chi connectivity index (χ3v) is 2.29. The molecule has 0 atom stereocenters. The van der Waals surface area contributed by atoms with Gasteiger partial charge in [-0.25, -0.2) is 15.6 Å². The van der Waals surface area contributed by atoms with Crippen molar-refractivity contribution in [2.24, 2.45) is 5.84 Å². The van der Waals surface area contributed by atoms with Gasteiger partial charge in [-0.3, -0.25) is 5.43 Å². The molecule has 0 saturated heterocycles. The van der Waals surface area contributed by atoms with E-state index in [1.54, 1.807) is 24.3 Å². The molecule has 0 aliphatic rings. The Kier molecular flexibility index (Phi) is 3.44. The van der Waals surface area contributed by atoms with E-state index < -0.39 is 0 Å². The van der Waals surface area contributed by atoms with Crippen LogP contribution in [0, 0.1) is 0 Å². The number of hydrogen-bond donors (Lipinski definition) is 2. The van der Waals surface area contributed by atoms with E-state index in [0.717, 1.165) is 5.56 Å². The second-order valence-corrected chi connectivity index (χ2v) is 3.38. The topological polar surface area (TPSA) is 103 Å². The van der Waals surface area contributed by atoms with Crippen LogP contribution in [-0.2, 0) is 4.74 Å². The predicted molar refractivity (Wildman–Crippen MR) is 64.4 cm³/mol. The summed E-state index contributed by atoms with van der Waals surface area (Å²) < 4.78 is 4.61. The number of nitrogen functional groups attached to an aromatic ring is 1. The van der Waals surface area contributed by atoms with Crippen molar-refractivity contribution in [3.05, 3.63) is 36.0 Å². The number of nitrogens with one attached hydrogen (secondary N) is 1. The molecule has 1 heterocycles. The average molecular weight is 245 g/mol. The molecule has 0 unspecified atom stereocenters. The molecule has 2 aromatic rings. The minimum absolute atomic E-state index is 0.241. The van der Waals surface area contributed by atoms with E-state index in [4.69, 9.17) is 5.84 Å². The lowest BCUT2D eigenvalue weighted by atomic mass is 10.1. The number of nitrogens with zero attached hydrogens (tertiary/aromatic N) is 3. The smallest absolute Gasteiger partial charge is 0.337 e. The summed E-state index contributed by atoms with van der Waals surface area (Å²) in [4.78, 5) is 15.2. The lowest BCUT2D eigenvalue weighted by molar-refractivity contribution is 0.0601. The van der Waals surface area contributed by atoms with Crippen LogP contribution in [0.15, 0.2) is 30.5 Å². The van der Waals surface area contributed by atoms with Crippen molar-refractivity contribution in [3.63, 3.8) is 0 Å². The standard InChI is InChI=1S/C11H11N5O2/c1-18-10(17)8-4-2-7(3-5-8)9-6-13-11(14-12)16-15-9/h2-6H,12H2,1H3,(H,13,14,16). The Hall–Kier alpha value is -2.54. The van der Waals surface area contributed by atoms with Crippen LogP contribution in [0.2, 0.25) is 0 Å². The van der Waals surface area contributed by atoms with Gasteiger partial charge in [0, 0.05) is 5.56 Å². The molecule has 0 saturated carbocycles. The van der Waals surface area contributed by atoms with E-state index in [-0.39, 0.29) is 11.9 Å². The minimum Gasteiger partial charge on any atom is -0.465 e. The highest BCUT2D eigenvalue weighted by Gasteiger charge is 2.06. The molecule has 92 valence electrons. The number of rotatable bonds is 3. The first-order chi connectivity index (χ1) is 8.74. The summed E-state index contributed by atoms with van der Waals surface area (Å²) in [5.41, 5.74) is 4.15. The predicted octanol–water partition coefficient (Wildman–Crippen LogP) is 0.611. The normalized spacial score (nSPS) is 9.89. The summed E-state index contributed by atoms with van der Waals surface area (Å²) in [7, 11) is 1.34. The first-order valence-corrected chi connectivity index (χ1v) is 5.09. The molecule has 7 nitrogen and oxygen atoms in total. The van der Waals surface area contributed by atoms with Crippen molar-refractivity contribution < 1.29 is 9.53 Å². The SMILES string of the molecule is COC(=O)c1ccc(-c2cnc(NN)nn2)cc1. The average Bonchev–Trinajstić information content (AvgIpc) is 2.47. The Labute approximate surface area is 103 Å². The molecule has 0 amide bonds. The number of carbonyl (C=O) groups is 1. The van der Waals surface area contributed by atoms with Gasteiger partial charge in [0.2, 0.25) is 0 Å². The van der Waals surface area contributed by atoms with Gasteiger partial charge in [0.25, 0.3) is 5.95 Å². The summed E-state index contributed by atoms with van der Waals surface area (Å²) in [6.45, 7) is 0. The fourth-order valence-electron chi connectivity index (χ4n) is 1.37. The second kappa shape index (κ2) is 5.19. The van der Waals surface area contributed by atoms with E-state index in [0.29, 0.717) is 11.3 Å². The number of methoxy groups -OCH3 is 1. The monoisotopic (exact) mass is 245 g/mol. The number of esters is 1. The number of benzene rings is 1. The lowest BCUT2D eigenvalue weighted by Crippen LogP contribution is -2.11. The molecule has 0 radical (unpaired) electrons. The van der Waals surface area contributed by atoms with Crippen LogP contribution in [0.5, 0.6) is 0 Å². The van der Waals surface area contributed by atoms with Crippen molar-refractivity contribution in [2.45, 2.75) is 0 Å². The van der Waals surface area contributed by atoms with Crippen molar-refractivity contribution in [3.8, 4) is 11.3 Å². The van der Waals surface area contributed by atoms with Crippen LogP contribution in [0.1, 0.15) is 10.4 Å². The lowest BCUT2D eigenvalue weighted by Gasteiger charge is -2.02. The highest BCUT2D eigenvalue weighted by atomic mass is 16.5. The van der Waals surface area contributed by atoms with Gasteiger partial charge in [-0.05, 0) is 12.1 Å². The Bertz CT molecular complexity index is 538. The second-order valence-electron chi connectivity index (χ2n) is 3.38. The van der Waals surface area contributed by atoms with Crippen LogP contribution in [0.4, 0.5) is 5.95 Å². The Morgan fingerprint density at radius 1 is 1.28 bits per heavy atom. The summed E-state index contributed by atoms with van der Waals surface area (Å²) in [6, 6.07) is 6.79. The first-order valence-electron chi connectivity index (χ1n) is 5.09. The van der Waals surface area contributed by atoms with Gasteiger partial charge in [-0.2, -0.15) is 0 Å². The van der Waals surface area contributed by atoms with Crippen LogP contribution >= 0.6 is 0 Å². The van der Waals surface area contributed by atoms with Crippen molar-refractivity contribution in [1.82, 2.24) is 15.2 Å². The zero-order valence-electron chi connectivity index (χ0n) is 9.62. The maximum Gasteiger partial charge on any atom is 0.337 e. The molecular weight excluding hydrogens is 234 g/mol. The van der Waals surface area contributed by atoms with Crippen molar-refractivity contribution >= 4 is 11.9 Å². The van der Waals surface area contributed by atoms with Crippen molar-refractivity contribution in [2.75, 3.05) is 12.5 Å². The molecule has 18 heavy (non-hydrogen) atoms. The summed E-state index contributed by atoms with van der Waals surface area (Å²) in [5.74, 6) is 5.00. The number of hydrogen-bond acceptors (Lipinski definition) is 7. The van der Waals surface area contributed by atoms with Crippen LogP contribution < -0.4 is 11.3 Å². The number of hydrazine groups is 1. The minimum atomic E-state index is -0.381. The molecule has 2 rings (SSSR count). The van der Waals surface area contributed by atoms with E-state index in [2.05, 4.69) is 25.3 Å². The Morgan fingerprint density at radius 3 is 2.50 bits per heavy atom. The number of nitrogens with two attached hydrogens (primary N) is 1. The highest BCUT2D eigenvalue weighted by Crippen LogP contribution is 2.16. The molecule has 0 aliphatic heterocycles. The van der Waals surface area contributed by atoms with E-state index in [1.165, 1.54) is 13.3 Å². The number of carbonyl (C=O) groups excluding carboxylic acids is 1. The van der Waals surface area contributed by atoms with E-state index in [9.17, 15) is 4.79 Å². The molecular formula is C11H11N5O2. The van der Waals surface area contributed by atoms with Gasteiger partial charge in [-0.1, -0.05) is 12.1 Å². The third kappa shape index (κ3) is 2.41. The Balaban J connectivity index is 2.25. The fraction of sp³-hybridized carbons (Fsp3) is 0.0909. The summed E-state index contributed by atoms with van der Waals surface area (Å²) in [6.07, 6.45) is 1.54. The van der Waals surface area contributed by atoms with Crippen LogP contribution in [0.25, 0.3) is 11.3 Å². The largest absolute Gasteiger partial charge is 0.465 e. The first kappa shape index (κ1) is 11.9. The molecule has 1 aromatic heterocycles. The van der Waals surface area contributed by atoms with Gasteiger partial charge in [0.05, 0.1) is 18.9 Å².